The molecular formula is C17H18N2O3. The minimum atomic E-state index is -0.568. The van der Waals surface area contributed by atoms with E-state index in [2.05, 4.69) is 0 Å². The van der Waals surface area contributed by atoms with Gasteiger partial charge in [0.15, 0.2) is 0 Å². The number of hydrogen-bond donors (Lipinski definition) is 1. The van der Waals surface area contributed by atoms with Gasteiger partial charge in [-0.05, 0) is 17.7 Å². The number of primary amides is 1. The minimum Gasteiger partial charge on any atom is -0.459 e. The third-order valence-electron chi connectivity index (χ3n) is 3.60. The SMILES string of the molecule is C.NC(=O)N1c2ccccc2C[C@H](OC=O)c2ccccc21. The smallest absolute Gasteiger partial charge is 0.323 e. The number of amides is 2. The van der Waals surface area contributed by atoms with Gasteiger partial charge in [0.2, 0.25) is 0 Å². The molecule has 0 fully saturated rings. The third kappa shape index (κ3) is 2.53. The highest BCUT2D eigenvalue weighted by atomic mass is 16.5. The lowest BCUT2D eigenvalue weighted by Crippen LogP contribution is -2.32. The molecule has 0 unspecified atom stereocenters. The Hall–Kier alpha value is -2.82. The topological polar surface area (TPSA) is 72.6 Å². The van der Waals surface area contributed by atoms with Crippen LogP contribution in [0.15, 0.2) is 48.5 Å². The van der Waals surface area contributed by atoms with Crippen LogP contribution in [0.3, 0.4) is 0 Å². The number of anilines is 2. The summed E-state index contributed by atoms with van der Waals surface area (Å²) in [5.74, 6) is 0. The lowest BCUT2D eigenvalue weighted by molar-refractivity contribution is -0.133. The quantitative estimate of drug-likeness (QED) is 0.864. The summed E-state index contributed by atoms with van der Waals surface area (Å²) in [6.45, 7) is 0.435. The van der Waals surface area contributed by atoms with Crippen LogP contribution in [-0.4, -0.2) is 12.5 Å². The van der Waals surface area contributed by atoms with Gasteiger partial charge in [-0.3, -0.25) is 9.69 Å². The van der Waals surface area contributed by atoms with Crippen molar-refractivity contribution in [3.05, 3.63) is 59.7 Å². The maximum Gasteiger partial charge on any atom is 0.323 e. The fourth-order valence-corrected chi connectivity index (χ4v) is 2.73. The molecule has 5 nitrogen and oxygen atoms in total. The number of rotatable bonds is 2. The van der Waals surface area contributed by atoms with Crippen LogP contribution in [-0.2, 0) is 16.0 Å². The number of fused-ring (bicyclic) bond motifs is 2. The molecule has 1 atom stereocenters. The zero-order valence-electron chi connectivity index (χ0n) is 11.2. The van der Waals surface area contributed by atoms with Gasteiger partial charge in [-0.25, -0.2) is 4.79 Å². The Morgan fingerprint density at radius 1 is 1.14 bits per heavy atom. The molecule has 0 spiro atoms. The molecule has 0 radical (unpaired) electrons. The van der Waals surface area contributed by atoms with Gasteiger partial charge in [-0.1, -0.05) is 43.8 Å². The average molecular weight is 298 g/mol. The number of hydrogen-bond acceptors (Lipinski definition) is 3. The number of para-hydroxylation sites is 2. The van der Waals surface area contributed by atoms with E-state index in [-0.39, 0.29) is 7.43 Å². The van der Waals surface area contributed by atoms with Crippen LogP contribution in [0.5, 0.6) is 0 Å². The van der Waals surface area contributed by atoms with Gasteiger partial charge in [0.1, 0.15) is 6.10 Å². The van der Waals surface area contributed by atoms with Crippen LogP contribution >= 0.6 is 0 Å². The molecule has 3 rings (SSSR count). The zero-order chi connectivity index (χ0) is 14.8. The monoisotopic (exact) mass is 298 g/mol. The fourth-order valence-electron chi connectivity index (χ4n) is 2.73. The van der Waals surface area contributed by atoms with Crippen LogP contribution in [0.4, 0.5) is 16.2 Å². The molecule has 22 heavy (non-hydrogen) atoms. The first kappa shape index (κ1) is 15.6. The van der Waals surface area contributed by atoms with Crippen molar-refractivity contribution in [3.8, 4) is 0 Å². The molecule has 1 aliphatic rings. The first-order valence-electron chi connectivity index (χ1n) is 6.58. The Morgan fingerprint density at radius 3 is 2.45 bits per heavy atom. The molecule has 2 amide bonds. The number of carbonyl (C=O) groups excluding carboxylic acids is 2. The lowest BCUT2D eigenvalue weighted by Gasteiger charge is -2.23. The first-order chi connectivity index (χ1) is 10.2. The molecule has 1 aliphatic heterocycles. The summed E-state index contributed by atoms with van der Waals surface area (Å²) in [5.41, 5.74) is 8.59. The van der Waals surface area contributed by atoms with E-state index in [1.165, 1.54) is 4.90 Å². The average Bonchev–Trinajstić information content (AvgIpc) is 2.62. The molecule has 5 heteroatoms. The maximum atomic E-state index is 11.9. The van der Waals surface area contributed by atoms with Crippen molar-refractivity contribution in [2.24, 2.45) is 5.73 Å². The number of carbonyl (C=O) groups is 2. The molecular weight excluding hydrogens is 280 g/mol. The lowest BCUT2D eigenvalue weighted by atomic mass is 10.0. The van der Waals surface area contributed by atoms with Gasteiger partial charge >= 0.3 is 6.03 Å². The molecule has 0 bridgehead atoms. The normalized spacial score (nSPS) is 15.6. The van der Waals surface area contributed by atoms with E-state index >= 15 is 0 Å². The largest absolute Gasteiger partial charge is 0.459 e. The van der Waals surface area contributed by atoms with E-state index in [1.807, 2.05) is 42.5 Å². The minimum absolute atomic E-state index is 0. The molecule has 2 aromatic rings. The van der Waals surface area contributed by atoms with Gasteiger partial charge in [-0.15, -0.1) is 0 Å². The van der Waals surface area contributed by atoms with Crippen molar-refractivity contribution in [2.45, 2.75) is 20.0 Å². The van der Waals surface area contributed by atoms with Crippen molar-refractivity contribution >= 4 is 23.9 Å². The van der Waals surface area contributed by atoms with Gasteiger partial charge in [-0.2, -0.15) is 0 Å². The Kier molecular flexibility index (Phi) is 4.46. The Balaban J connectivity index is 0.00000176. The molecule has 0 aromatic heterocycles. The molecule has 1 heterocycles. The van der Waals surface area contributed by atoms with E-state index in [0.717, 1.165) is 16.8 Å². The van der Waals surface area contributed by atoms with E-state index in [0.29, 0.717) is 18.6 Å². The summed E-state index contributed by atoms with van der Waals surface area (Å²) in [5, 5.41) is 0. The summed E-state index contributed by atoms with van der Waals surface area (Å²) >= 11 is 0. The van der Waals surface area contributed by atoms with Crippen LogP contribution in [0.25, 0.3) is 0 Å². The van der Waals surface area contributed by atoms with Crippen LogP contribution in [0.1, 0.15) is 24.7 Å². The zero-order valence-corrected chi connectivity index (χ0v) is 11.2. The first-order valence-corrected chi connectivity index (χ1v) is 6.58. The highest BCUT2D eigenvalue weighted by molar-refractivity contribution is 6.00. The predicted octanol–water partition coefficient (Wildman–Crippen LogP) is 3.31. The van der Waals surface area contributed by atoms with Crippen molar-refractivity contribution < 1.29 is 14.3 Å². The molecule has 2 aromatic carbocycles. The van der Waals surface area contributed by atoms with Gasteiger partial charge < -0.3 is 10.5 Å². The number of nitrogens with two attached hydrogens (primary N) is 1. The molecule has 0 aliphatic carbocycles. The summed E-state index contributed by atoms with van der Waals surface area (Å²) in [6, 6.07) is 14.2. The highest BCUT2D eigenvalue weighted by Gasteiger charge is 2.29. The number of benzene rings is 2. The van der Waals surface area contributed by atoms with Crippen molar-refractivity contribution in [1.82, 2.24) is 0 Å². The van der Waals surface area contributed by atoms with Crippen molar-refractivity contribution in [2.75, 3.05) is 4.90 Å². The number of ether oxygens (including phenoxy) is 1. The maximum absolute atomic E-state index is 11.9. The highest BCUT2D eigenvalue weighted by Crippen LogP contribution is 2.40. The van der Waals surface area contributed by atoms with Crippen LogP contribution < -0.4 is 10.6 Å². The van der Waals surface area contributed by atoms with Crippen molar-refractivity contribution in [1.29, 1.82) is 0 Å². The Bertz CT molecular complexity index is 700. The summed E-state index contributed by atoms with van der Waals surface area (Å²) < 4.78 is 5.21. The Morgan fingerprint density at radius 2 is 1.77 bits per heavy atom. The second kappa shape index (κ2) is 6.30. The van der Waals surface area contributed by atoms with E-state index in [1.54, 1.807) is 6.07 Å². The molecule has 0 saturated heterocycles. The second-order valence-corrected chi connectivity index (χ2v) is 4.79. The predicted molar refractivity (Wildman–Crippen MR) is 84.9 cm³/mol. The van der Waals surface area contributed by atoms with E-state index < -0.39 is 12.1 Å². The van der Waals surface area contributed by atoms with Gasteiger partial charge in [0.25, 0.3) is 6.47 Å². The fraction of sp³-hybridized carbons (Fsp3) is 0.176. The van der Waals surface area contributed by atoms with E-state index in [9.17, 15) is 9.59 Å². The van der Waals surface area contributed by atoms with Gasteiger partial charge in [0.05, 0.1) is 11.4 Å². The standard InChI is InChI=1S/C16H14N2O3.CH4/c17-16(20)18-13-7-3-1-5-11(13)9-15(21-10-19)12-6-2-4-8-14(12)18;/h1-8,10,15H,9H2,(H2,17,20);1H4/t15-;/m0./s1. The number of urea groups is 1. The molecule has 0 saturated carbocycles. The summed E-state index contributed by atoms with van der Waals surface area (Å²) in [7, 11) is 0. The number of nitrogens with zero attached hydrogens (tertiary/aromatic N) is 1. The Labute approximate surface area is 129 Å². The second-order valence-electron chi connectivity index (χ2n) is 4.79. The molecule has 114 valence electrons. The van der Waals surface area contributed by atoms with E-state index in [4.69, 9.17) is 10.5 Å². The third-order valence-corrected chi connectivity index (χ3v) is 3.60. The van der Waals surface area contributed by atoms with Crippen molar-refractivity contribution in [3.63, 3.8) is 0 Å². The van der Waals surface area contributed by atoms with Crippen LogP contribution in [0.2, 0.25) is 0 Å². The summed E-state index contributed by atoms with van der Waals surface area (Å²) in [4.78, 5) is 24.2. The summed E-state index contributed by atoms with van der Waals surface area (Å²) in [6.07, 6.45) is 0.0552. The molecule has 2 N–H and O–H groups in total. The van der Waals surface area contributed by atoms with Crippen LogP contribution in [0, 0.1) is 0 Å². The van der Waals surface area contributed by atoms with Gasteiger partial charge in [0, 0.05) is 12.0 Å².